The van der Waals surface area contributed by atoms with Gasteiger partial charge >= 0.3 is 0 Å². The molecule has 0 fully saturated rings. The molecule has 2 aromatic rings. The number of hydrogen-bond acceptors (Lipinski definition) is 2. The van der Waals surface area contributed by atoms with Gasteiger partial charge in [-0.15, -0.1) is 0 Å². The minimum Gasteiger partial charge on any atom is -0.483 e. The van der Waals surface area contributed by atoms with Crippen molar-refractivity contribution in [3.05, 3.63) is 57.6 Å². The van der Waals surface area contributed by atoms with Crippen molar-refractivity contribution in [2.24, 2.45) is 0 Å². The van der Waals surface area contributed by atoms with Gasteiger partial charge in [-0.2, -0.15) is 0 Å². The molecule has 0 aliphatic carbocycles. The second-order valence-corrected chi connectivity index (χ2v) is 8.24. The SMILES string of the molecule is CCc1cccc(CC)c1NC(=O)COc1ccc(C(C)(C)C)cc1Br. The topological polar surface area (TPSA) is 38.3 Å². The molecule has 2 rings (SSSR count). The number of anilines is 1. The van der Waals surface area contributed by atoms with Crippen LogP contribution < -0.4 is 10.1 Å². The van der Waals surface area contributed by atoms with Crippen LogP contribution in [0.15, 0.2) is 40.9 Å². The Bertz CT molecular complexity index is 756. The minimum atomic E-state index is -0.146. The quantitative estimate of drug-likeness (QED) is 0.635. The van der Waals surface area contributed by atoms with Crippen molar-refractivity contribution in [3.63, 3.8) is 0 Å². The van der Waals surface area contributed by atoms with E-state index >= 15 is 0 Å². The maximum atomic E-state index is 12.4. The van der Waals surface area contributed by atoms with Gasteiger partial charge < -0.3 is 10.1 Å². The third-order valence-electron chi connectivity index (χ3n) is 4.42. The molecule has 140 valence electrons. The van der Waals surface area contributed by atoms with Gasteiger partial charge in [0.2, 0.25) is 0 Å². The van der Waals surface area contributed by atoms with E-state index in [1.807, 2.05) is 18.2 Å². The third-order valence-corrected chi connectivity index (χ3v) is 5.04. The molecule has 0 aliphatic rings. The van der Waals surface area contributed by atoms with Crippen LogP contribution in [0.4, 0.5) is 5.69 Å². The van der Waals surface area contributed by atoms with Gasteiger partial charge in [-0.1, -0.05) is 58.9 Å². The van der Waals surface area contributed by atoms with E-state index in [0.29, 0.717) is 5.75 Å². The second kappa shape index (κ2) is 8.72. The zero-order valence-electron chi connectivity index (χ0n) is 16.3. The molecule has 1 N–H and O–H groups in total. The summed E-state index contributed by atoms with van der Waals surface area (Å²) in [6.07, 6.45) is 1.76. The average Bonchev–Trinajstić information content (AvgIpc) is 2.60. The number of ether oxygens (including phenoxy) is 1. The largest absolute Gasteiger partial charge is 0.483 e. The Morgan fingerprint density at radius 3 is 2.19 bits per heavy atom. The lowest BCUT2D eigenvalue weighted by molar-refractivity contribution is -0.118. The normalized spacial score (nSPS) is 11.3. The highest BCUT2D eigenvalue weighted by Crippen LogP contribution is 2.31. The molecule has 0 spiro atoms. The molecule has 0 saturated carbocycles. The fourth-order valence-corrected chi connectivity index (χ4v) is 3.30. The van der Waals surface area contributed by atoms with Gasteiger partial charge in [0.25, 0.3) is 5.91 Å². The Morgan fingerprint density at radius 2 is 1.69 bits per heavy atom. The van der Waals surface area contributed by atoms with Crippen molar-refractivity contribution in [3.8, 4) is 5.75 Å². The minimum absolute atomic E-state index is 0.0192. The molecule has 26 heavy (non-hydrogen) atoms. The summed E-state index contributed by atoms with van der Waals surface area (Å²) in [5, 5.41) is 3.03. The highest BCUT2D eigenvalue weighted by molar-refractivity contribution is 9.10. The van der Waals surface area contributed by atoms with Crippen LogP contribution in [0.2, 0.25) is 0 Å². The maximum Gasteiger partial charge on any atom is 0.262 e. The Morgan fingerprint density at radius 1 is 1.08 bits per heavy atom. The summed E-state index contributed by atoms with van der Waals surface area (Å²) in [5.41, 5.74) is 4.50. The number of amides is 1. The summed E-state index contributed by atoms with van der Waals surface area (Å²) in [5.74, 6) is 0.528. The third kappa shape index (κ3) is 5.10. The predicted molar refractivity (Wildman–Crippen MR) is 112 cm³/mol. The molecular formula is C22H28BrNO2. The molecule has 3 nitrogen and oxygen atoms in total. The zero-order chi connectivity index (χ0) is 19.3. The second-order valence-electron chi connectivity index (χ2n) is 7.39. The van der Waals surface area contributed by atoms with Crippen molar-refractivity contribution in [2.75, 3.05) is 11.9 Å². The van der Waals surface area contributed by atoms with Crippen LogP contribution in [0.3, 0.4) is 0 Å². The maximum absolute atomic E-state index is 12.4. The van der Waals surface area contributed by atoms with E-state index in [2.05, 4.69) is 74.1 Å². The average molecular weight is 418 g/mol. The van der Waals surface area contributed by atoms with Crippen LogP contribution in [0, 0.1) is 0 Å². The lowest BCUT2D eigenvalue weighted by atomic mass is 9.87. The number of halogens is 1. The van der Waals surface area contributed by atoms with E-state index in [4.69, 9.17) is 4.74 Å². The van der Waals surface area contributed by atoms with Crippen molar-refractivity contribution in [2.45, 2.75) is 52.9 Å². The smallest absolute Gasteiger partial charge is 0.262 e. The van der Waals surface area contributed by atoms with E-state index in [9.17, 15) is 4.79 Å². The van der Waals surface area contributed by atoms with Gasteiger partial charge in [0.1, 0.15) is 5.75 Å². The summed E-state index contributed by atoms with van der Waals surface area (Å²) in [6, 6.07) is 12.1. The monoisotopic (exact) mass is 417 g/mol. The molecule has 0 heterocycles. The van der Waals surface area contributed by atoms with Gasteiger partial charge in [-0.05, 0) is 63.0 Å². The van der Waals surface area contributed by atoms with Crippen LogP contribution in [0.5, 0.6) is 5.75 Å². The molecular weight excluding hydrogens is 390 g/mol. The number of rotatable bonds is 6. The van der Waals surface area contributed by atoms with Crippen LogP contribution >= 0.6 is 15.9 Å². The number of carbonyl (C=O) groups excluding carboxylic acids is 1. The molecule has 0 aromatic heterocycles. The van der Waals surface area contributed by atoms with E-state index < -0.39 is 0 Å². The number of benzene rings is 2. The summed E-state index contributed by atoms with van der Waals surface area (Å²) in [4.78, 5) is 12.4. The molecule has 4 heteroatoms. The highest BCUT2D eigenvalue weighted by Gasteiger charge is 2.16. The molecule has 1 amide bonds. The van der Waals surface area contributed by atoms with Crippen LogP contribution in [0.1, 0.15) is 51.3 Å². The van der Waals surface area contributed by atoms with Crippen molar-refractivity contribution < 1.29 is 9.53 Å². The molecule has 0 atom stereocenters. The standard InChI is InChI=1S/C22H28BrNO2/c1-6-15-9-8-10-16(7-2)21(15)24-20(25)14-26-19-12-11-17(13-18(19)23)22(3,4)5/h8-13H,6-7,14H2,1-5H3,(H,24,25). The summed E-state index contributed by atoms with van der Waals surface area (Å²) in [7, 11) is 0. The van der Waals surface area contributed by atoms with E-state index in [-0.39, 0.29) is 17.9 Å². The molecule has 0 radical (unpaired) electrons. The van der Waals surface area contributed by atoms with Crippen molar-refractivity contribution >= 4 is 27.5 Å². The molecule has 0 aliphatic heterocycles. The van der Waals surface area contributed by atoms with E-state index in [1.54, 1.807) is 0 Å². The highest BCUT2D eigenvalue weighted by atomic mass is 79.9. The Labute approximate surface area is 165 Å². The predicted octanol–water partition coefficient (Wildman–Crippen LogP) is 5.89. The number of nitrogens with one attached hydrogen (secondary N) is 1. The van der Waals surface area contributed by atoms with Crippen LogP contribution in [0.25, 0.3) is 0 Å². The number of hydrogen-bond donors (Lipinski definition) is 1. The molecule has 2 aromatic carbocycles. The molecule has 0 unspecified atom stereocenters. The number of carbonyl (C=O) groups is 1. The fraction of sp³-hybridized carbons (Fsp3) is 0.409. The van der Waals surface area contributed by atoms with Gasteiger partial charge in [-0.25, -0.2) is 0 Å². The number of aryl methyl sites for hydroxylation is 2. The first-order chi connectivity index (χ1) is 12.3. The van der Waals surface area contributed by atoms with Gasteiger partial charge in [0.05, 0.1) is 4.47 Å². The Kier molecular flexibility index (Phi) is 6.87. The summed E-state index contributed by atoms with van der Waals surface area (Å²) < 4.78 is 6.59. The lowest BCUT2D eigenvalue weighted by Crippen LogP contribution is -2.22. The zero-order valence-corrected chi connectivity index (χ0v) is 17.9. The van der Waals surface area contributed by atoms with Crippen LogP contribution in [-0.2, 0) is 23.1 Å². The van der Waals surface area contributed by atoms with E-state index in [0.717, 1.165) is 34.1 Å². The lowest BCUT2D eigenvalue weighted by Gasteiger charge is -2.20. The summed E-state index contributed by atoms with van der Waals surface area (Å²) in [6.45, 7) is 10.7. The fourth-order valence-electron chi connectivity index (χ4n) is 2.81. The molecule has 0 bridgehead atoms. The Balaban J connectivity index is 2.06. The van der Waals surface area contributed by atoms with Gasteiger partial charge in [0.15, 0.2) is 6.61 Å². The molecule has 0 saturated heterocycles. The van der Waals surface area contributed by atoms with E-state index in [1.165, 1.54) is 5.56 Å². The first kappa shape index (κ1) is 20.5. The number of para-hydroxylation sites is 1. The first-order valence-corrected chi connectivity index (χ1v) is 9.89. The first-order valence-electron chi connectivity index (χ1n) is 9.09. The Hall–Kier alpha value is -1.81. The van der Waals surface area contributed by atoms with Gasteiger partial charge in [0, 0.05) is 5.69 Å². The summed E-state index contributed by atoms with van der Waals surface area (Å²) >= 11 is 3.55. The van der Waals surface area contributed by atoms with Gasteiger partial charge in [-0.3, -0.25) is 4.79 Å². The van der Waals surface area contributed by atoms with Crippen LogP contribution in [-0.4, -0.2) is 12.5 Å². The van der Waals surface area contributed by atoms with Crippen molar-refractivity contribution in [1.82, 2.24) is 0 Å². The van der Waals surface area contributed by atoms with Crippen molar-refractivity contribution in [1.29, 1.82) is 0 Å².